The van der Waals surface area contributed by atoms with E-state index in [1.54, 1.807) is 36.5 Å². The zero-order chi connectivity index (χ0) is 22.2. The molecule has 162 valence electrons. The molecule has 1 aliphatic rings. The normalized spacial score (nSPS) is 16.4. The van der Waals surface area contributed by atoms with Crippen LogP contribution < -0.4 is 5.32 Å². The van der Waals surface area contributed by atoms with Crippen LogP contribution in [0, 0.1) is 0 Å². The molecule has 8 heteroatoms. The van der Waals surface area contributed by atoms with Gasteiger partial charge in [-0.3, -0.25) is 4.98 Å². The third kappa shape index (κ3) is 4.48. The van der Waals surface area contributed by atoms with Gasteiger partial charge in [-0.25, -0.2) is 13.6 Å². The summed E-state index contributed by atoms with van der Waals surface area (Å²) in [5.74, 6) is -3.94. The predicted octanol–water partition coefficient (Wildman–Crippen LogP) is 6.12. The maximum absolute atomic E-state index is 13.7. The number of rotatable bonds is 5. The van der Waals surface area contributed by atoms with E-state index in [2.05, 4.69) is 10.3 Å². The van der Waals surface area contributed by atoms with Crippen LogP contribution in [0.25, 0.3) is 10.9 Å². The Morgan fingerprint density at radius 1 is 1.19 bits per heavy atom. The number of aromatic carboxylic acids is 1. The Kier molecular flexibility index (Phi) is 5.81. The van der Waals surface area contributed by atoms with Crippen molar-refractivity contribution >= 4 is 39.8 Å². The molecule has 0 unspecified atom stereocenters. The van der Waals surface area contributed by atoms with E-state index in [0.29, 0.717) is 45.7 Å². The Hall–Kier alpha value is -2.77. The highest BCUT2D eigenvalue weighted by Crippen LogP contribution is 2.45. The van der Waals surface area contributed by atoms with Gasteiger partial charge in [0.15, 0.2) is 0 Å². The Labute approximate surface area is 182 Å². The number of benzene rings is 2. The van der Waals surface area contributed by atoms with Crippen LogP contribution in [-0.2, 0) is 6.61 Å². The minimum Gasteiger partial charge on any atom is -0.478 e. The first-order chi connectivity index (χ1) is 14.8. The van der Waals surface area contributed by atoms with Gasteiger partial charge in [0, 0.05) is 29.4 Å². The Morgan fingerprint density at radius 2 is 1.94 bits per heavy atom. The molecule has 3 N–H and O–H groups in total. The molecule has 1 aliphatic carbocycles. The van der Waals surface area contributed by atoms with E-state index in [1.807, 2.05) is 0 Å². The van der Waals surface area contributed by atoms with Crippen LogP contribution in [0.4, 0.5) is 20.2 Å². The number of nitrogens with zero attached hydrogens (tertiary/aromatic N) is 1. The Morgan fingerprint density at radius 3 is 2.61 bits per heavy atom. The molecule has 2 aromatic carbocycles. The molecular weight excluding hydrogens is 426 g/mol. The molecule has 0 spiro atoms. The van der Waals surface area contributed by atoms with Crippen molar-refractivity contribution in [2.24, 2.45) is 0 Å². The van der Waals surface area contributed by atoms with Crippen molar-refractivity contribution in [2.45, 2.75) is 44.1 Å². The molecule has 0 bridgehead atoms. The second kappa shape index (κ2) is 8.40. The number of carbonyl (C=O) groups is 1. The number of nitrogens with one attached hydrogen (secondary N) is 1. The van der Waals surface area contributed by atoms with Gasteiger partial charge in [-0.1, -0.05) is 17.7 Å². The molecule has 4 rings (SSSR count). The average molecular weight is 447 g/mol. The number of carboxylic acids is 1. The fraction of sp³-hybridized carbons (Fsp3) is 0.304. The number of aliphatic hydroxyl groups excluding tert-OH is 1. The first-order valence-corrected chi connectivity index (χ1v) is 10.4. The van der Waals surface area contributed by atoms with Crippen LogP contribution in [0.3, 0.4) is 0 Å². The second-order valence-corrected chi connectivity index (χ2v) is 8.28. The van der Waals surface area contributed by atoms with Crippen LogP contribution in [0.1, 0.15) is 53.1 Å². The number of pyridine rings is 1. The van der Waals surface area contributed by atoms with Crippen molar-refractivity contribution in [3.63, 3.8) is 0 Å². The standard InChI is InChI=1S/C23H21ClF2N2O3/c24-15-2-4-19-16(10-15)21(18(11-27-19)14-5-7-23(25,26)8-6-14)28-20-3-1-13(12-29)9-17(20)22(30)31/h1-4,9-11,14,29H,5-8,12H2,(H,27,28)(H,30,31). The van der Waals surface area contributed by atoms with Crippen molar-refractivity contribution in [1.29, 1.82) is 0 Å². The molecule has 0 aliphatic heterocycles. The summed E-state index contributed by atoms with van der Waals surface area (Å²) in [6, 6.07) is 9.82. The smallest absolute Gasteiger partial charge is 0.337 e. The SMILES string of the molecule is O=C(O)c1cc(CO)ccc1Nc1c(C2CCC(F)(F)CC2)cnc2ccc(Cl)cc12. The van der Waals surface area contributed by atoms with Crippen LogP contribution in [0.2, 0.25) is 5.02 Å². The number of aromatic nitrogens is 1. The summed E-state index contributed by atoms with van der Waals surface area (Å²) in [7, 11) is 0. The number of carboxylic acid groups (broad SMARTS) is 1. The summed E-state index contributed by atoms with van der Waals surface area (Å²) >= 11 is 6.21. The summed E-state index contributed by atoms with van der Waals surface area (Å²) in [4.78, 5) is 16.3. The molecule has 3 aromatic rings. The lowest BCUT2D eigenvalue weighted by Crippen LogP contribution is -2.24. The first-order valence-electron chi connectivity index (χ1n) is 9.97. The van der Waals surface area contributed by atoms with Gasteiger partial charge in [0.25, 0.3) is 0 Å². The van der Waals surface area contributed by atoms with Crippen molar-refractivity contribution in [3.05, 3.63) is 64.3 Å². The zero-order valence-corrected chi connectivity index (χ0v) is 17.3. The van der Waals surface area contributed by atoms with E-state index >= 15 is 0 Å². The molecular formula is C23H21ClF2N2O3. The van der Waals surface area contributed by atoms with E-state index in [1.165, 1.54) is 6.07 Å². The number of alkyl halides is 2. The largest absolute Gasteiger partial charge is 0.478 e. The lowest BCUT2D eigenvalue weighted by Gasteiger charge is -2.30. The van der Waals surface area contributed by atoms with Gasteiger partial charge in [0.05, 0.1) is 29.1 Å². The average Bonchev–Trinajstić information content (AvgIpc) is 2.74. The summed E-state index contributed by atoms with van der Waals surface area (Å²) in [6.07, 6.45) is 1.90. The van der Waals surface area contributed by atoms with Crippen LogP contribution in [0.15, 0.2) is 42.6 Å². The zero-order valence-electron chi connectivity index (χ0n) is 16.5. The number of hydrogen-bond donors (Lipinski definition) is 3. The highest BCUT2D eigenvalue weighted by molar-refractivity contribution is 6.31. The minimum absolute atomic E-state index is 0.000308. The highest BCUT2D eigenvalue weighted by atomic mass is 35.5. The summed E-state index contributed by atoms with van der Waals surface area (Å²) < 4.78 is 27.5. The number of anilines is 2. The maximum Gasteiger partial charge on any atom is 0.337 e. The molecule has 0 amide bonds. The van der Waals surface area contributed by atoms with Crippen molar-refractivity contribution < 1.29 is 23.8 Å². The van der Waals surface area contributed by atoms with Crippen molar-refractivity contribution in [3.8, 4) is 0 Å². The van der Waals surface area contributed by atoms with Gasteiger partial charge in [0.1, 0.15) is 0 Å². The second-order valence-electron chi connectivity index (χ2n) is 7.85. The Balaban J connectivity index is 1.84. The van der Waals surface area contributed by atoms with Gasteiger partial charge >= 0.3 is 5.97 Å². The summed E-state index contributed by atoms with van der Waals surface area (Å²) in [6.45, 7) is -0.282. The topological polar surface area (TPSA) is 82.5 Å². The monoisotopic (exact) mass is 446 g/mol. The highest BCUT2D eigenvalue weighted by Gasteiger charge is 2.36. The fourth-order valence-electron chi connectivity index (χ4n) is 4.09. The third-order valence-corrected chi connectivity index (χ3v) is 6.01. The van der Waals surface area contributed by atoms with Gasteiger partial charge < -0.3 is 15.5 Å². The van der Waals surface area contributed by atoms with Gasteiger partial charge in [-0.15, -0.1) is 0 Å². The van der Waals surface area contributed by atoms with Crippen LogP contribution in [-0.4, -0.2) is 27.1 Å². The van der Waals surface area contributed by atoms with Gasteiger partial charge in [0.2, 0.25) is 5.92 Å². The van der Waals surface area contributed by atoms with Gasteiger partial charge in [-0.2, -0.15) is 0 Å². The molecule has 1 aromatic heterocycles. The number of halogens is 3. The Bertz CT molecular complexity index is 1140. The lowest BCUT2D eigenvalue weighted by atomic mass is 9.81. The van der Waals surface area contributed by atoms with E-state index in [9.17, 15) is 23.8 Å². The molecule has 1 heterocycles. The maximum atomic E-state index is 13.7. The lowest BCUT2D eigenvalue weighted by molar-refractivity contribution is -0.0381. The molecule has 0 radical (unpaired) electrons. The molecule has 1 saturated carbocycles. The van der Waals surface area contributed by atoms with E-state index in [4.69, 9.17) is 11.6 Å². The molecule has 0 saturated heterocycles. The summed E-state index contributed by atoms with van der Waals surface area (Å²) in [5, 5.41) is 23.4. The molecule has 0 atom stereocenters. The van der Waals surface area contributed by atoms with Gasteiger partial charge in [-0.05, 0) is 60.2 Å². The minimum atomic E-state index is -2.66. The fourth-order valence-corrected chi connectivity index (χ4v) is 4.26. The van der Waals surface area contributed by atoms with E-state index in [0.717, 1.165) is 5.56 Å². The molecule has 31 heavy (non-hydrogen) atoms. The summed E-state index contributed by atoms with van der Waals surface area (Å²) in [5.41, 5.74) is 2.83. The third-order valence-electron chi connectivity index (χ3n) is 5.77. The number of hydrogen-bond acceptors (Lipinski definition) is 4. The van der Waals surface area contributed by atoms with Crippen molar-refractivity contribution in [1.82, 2.24) is 4.98 Å². The predicted molar refractivity (Wildman–Crippen MR) is 116 cm³/mol. The van der Waals surface area contributed by atoms with Crippen LogP contribution >= 0.6 is 11.6 Å². The molecule has 5 nitrogen and oxygen atoms in total. The quantitative estimate of drug-likeness (QED) is 0.440. The van der Waals surface area contributed by atoms with E-state index < -0.39 is 11.9 Å². The number of aliphatic hydroxyl groups is 1. The van der Waals surface area contributed by atoms with Crippen LogP contribution in [0.5, 0.6) is 0 Å². The number of fused-ring (bicyclic) bond motifs is 1. The molecule has 1 fully saturated rings. The van der Waals surface area contributed by atoms with Crippen molar-refractivity contribution in [2.75, 3.05) is 5.32 Å². The van der Waals surface area contributed by atoms with E-state index in [-0.39, 0.29) is 30.9 Å². The first kappa shape index (κ1) is 21.5.